The van der Waals surface area contributed by atoms with Gasteiger partial charge in [0.2, 0.25) is 5.91 Å². The zero-order valence-electron chi connectivity index (χ0n) is 26.1. The molecule has 0 saturated heterocycles. The van der Waals surface area contributed by atoms with E-state index in [-0.39, 0.29) is 17.2 Å². The molecule has 242 valence electrons. The summed E-state index contributed by atoms with van der Waals surface area (Å²) < 4.78 is 25.3. The van der Waals surface area contributed by atoms with Crippen LogP contribution in [0.5, 0.6) is 11.5 Å². The zero-order chi connectivity index (χ0) is 33.9. The van der Waals surface area contributed by atoms with E-state index in [0.29, 0.717) is 33.3 Å². The third-order valence-electron chi connectivity index (χ3n) is 7.08. The van der Waals surface area contributed by atoms with Crippen LogP contribution < -0.4 is 25.4 Å². The second-order valence-corrected chi connectivity index (χ2v) is 11.5. The van der Waals surface area contributed by atoms with Crippen molar-refractivity contribution in [2.24, 2.45) is 0 Å². The number of rotatable bonds is 12. The highest BCUT2D eigenvalue weighted by Gasteiger charge is 2.24. The molecule has 0 spiro atoms. The summed E-state index contributed by atoms with van der Waals surface area (Å²) in [6.45, 7) is 0. The van der Waals surface area contributed by atoms with Crippen LogP contribution >= 0.6 is 11.8 Å². The van der Waals surface area contributed by atoms with Crippen molar-refractivity contribution in [2.75, 3.05) is 24.9 Å². The Hall–Kier alpha value is -5.87. The maximum atomic E-state index is 14.6. The molecule has 5 aromatic carbocycles. The summed E-state index contributed by atoms with van der Waals surface area (Å²) in [6.07, 6.45) is 1.28. The Morgan fingerprint density at radius 3 is 2.17 bits per heavy atom. The van der Waals surface area contributed by atoms with Gasteiger partial charge in [-0.15, -0.1) is 11.8 Å². The van der Waals surface area contributed by atoms with E-state index in [1.54, 1.807) is 72.8 Å². The molecular weight excluding hydrogens is 629 g/mol. The summed E-state index contributed by atoms with van der Waals surface area (Å²) in [4.78, 5) is 41.0. The molecule has 48 heavy (non-hydrogen) atoms. The fraction of sp³-hybridized carbons (Fsp3) is 0.0789. The van der Waals surface area contributed by atoms with E-state index in [0.717, 1.165) is 5.56 Å². The fourth-order valence-corrected chi connectivity index (χ4v) is 5.77. The lowest BCUT2D eigenvalue weighted by molar-refractivity contribution is -0.116. The lowest BCUT2D eigenvalue weighted by Crippen LogP contribution is -2.30. The third kappa shape index (κ3) is 8.68. The lowest BCUT2D eigenvalue weighted by atomic mass is 10.1. The van der Waals surface area contributed by atoms with Gasteiger partial charge in [0.1, 0.15) is 28.3 Å². The van der Waals surface area contributed by atoms with Gasteiger partial charge in [0.05, 0.1) is 19.9 Å². The highest BCUT2D eigenvalue weighted by atomic mass is 32.2. The first kappa shape index (κ1) is 33.5. The second-order valence-electron chi connectivity index (χ2n) is 10.3. The smallest absolute Gasteiger partial charge is 0.272 e. The Kier molecular flexibility index (Phi) is 11.2. The van der Waals surface area contributed by atoms with Crippen molar-refractivity contribution in [3.8, 4) is 11.5 Å². The topological polar surface area (TPSA) is 106 Å². The fourth-order valence-electron chi connectivity index (χ4n) is 4.68. The molecule has 0 aromatic heterocycles. The standard InChI is InChI=1S/C38H32FN3O5S/c1-46-29-20-21-34(47-2)32(24-29)41-38(45)35(25-12-5-3-6-13-25)48-30-18-11-17-28(23-30)40-37(44)33(22-27-16-9-10-19-31(27)39)42-36(43)26-14-7-4-8-15-26/h3-24,35H,1-2H3,(H,40,44)(H,41,45)(H,42,43)/b33-22-. The van der Waals surface area contributed by atoms with E-state index in [9.17, 15) is 18.8 Å². The van der Waals surface area contributed by atoms with Gasteiger partial charge in [0.15, 0.2) is 0 Å². The SMILES string of the molecule is COc1ccc(OC)c(NC(=O)C(Sc2cccc(NC(=O)/C(=C/c3ccccc3F)NC(=O)c3ccccc3)c2)c2ccccc2)c1. The first-order valence-corrected chi connectivity index (χ1v) is 15.7. The van der Waals surface area contributed by atoms with Gasteiger partial charge in [-0.2, -0.15) is 0 Å². The molecule has 0 aliphatic carbocycles. The number of ether oxygens (including phenoxy) is 2. The summed E-state index contributed by atoms with van der Waals surface area (Å²) in [6, 6.07) is 35.7. The normalized spacial score (nSPS) is 11.6. The van der Waals surface area contributed by atoms with Crippen LogP contribution in [0.3, 0.4) is 0 Å². The van der Waals surface area contributed by atoms with Crippen molar-refractivity contribution in [2.45, 2.75) is 10.1 Å². The van der Waals surface area contributed by atoms with E-state index in [4.69, 9.17) is 9.47 Å². The molecule has 3 amide bonds. The van der Waals surface area contributed by atoms with Crippen molar-refractivity contribution >= 4 is 46.9 Å². The number of amides is 3. The Bertz CT molecular complexity index is 1940. The highest BCUT2D eigenvalue weighted by molar-refractivity contribution is 8.00. The van der Waals surface area contributed by atoms with Crippen molar-refractivity contribution in [1.29, 1.82) is 0 Å². The minimum Gasteiger partial charge on any atom is -0.497 e. The number of benzene rings is 5. The molecule has 0 aliphatic rings. The van der Waals surface area contributed by atoms with Crippen molar-refractivity contribution in [3.05, 3.63) is 156 Å². The molecular formula is C38H32FN3O5S. The summed E-state index contributed by atoms with van der Waals surface area (Å²) in [5.74, 6) is -1.00. The third-order valence-corrected chi connectivity index (χ3v) is 8.33. The Morgan fingerprint density at radius 1 is 0.750 bits per heavy atom. The summed E-state index contributed by atoms with van der Waals surface area (Å²) in [5, 5.41) is 7.70. The molecule has 5 rings (SSSR count). The van der Waals surface area contributed by atoms with Gasteiger partial charge in [-0.25, -0.2) is 4.39 Å². The molecule has 0 bridgehead atoms. The molecule has 3 N–H and O–H groups in total. The first-order chi connectivity index (χ1) is 23.3. The summed E-state index contributed by atoms with van der Waals surface area (Å²) in [7, 11) is 3.06. The van der Waals surface area contributed by atoms with Crippen LogP contribution in [0.1, 0.15) is 26.7 Å². The molecule has 0 heterocycles. The molecule has 5 aromatic rings. The second kappa shape index (κ2) is 16.1. The number of thioether (sulfide) groups is 1. The summed E-state index contributed by atoms with van der Waals surface area (Å²) in [5.41, 5.74) is 1.93. The minimum atomic E-state index is -0.685. The number of hydrogen-bond acceptors (Lipinski definition) is 6. The van der Waals surface area contributed by atoms with Gasteiger partial charge in [0, 0.05) is 27.8 Å². The molecule has 0 aliphatic heterocycles. The number of anilines is 2. The van der Waals surface area contributed by atoms with Gasteiger partial charge in [-0.3, -0.25) is 14.4 Å². The molecule has 0 saturated carbocycles. The van der Waals surface area contributed by atoms with E-state index < -0.39 is 22.9 Å². The number of halogens is 1. The van der Waals surface area contributed by atoms with Crippen LogP contribution in [0, 0.1) is 5.82 Å². The van der Waals surface area contributed by atoms with Gasteiger partial charge in [0.25, 0.3) is 11.8 Å². The van der Waals surface area contributed by atoms with E-state index in [1.165, 1.54) is 50.3 Å². The number of nitrogens with one attached hydrogen (secondary N) is 3. The highest BCUT2D eigenvalue weighted by Crippen LogP contribution is 2.38. The van der Waals surface area contributed by atoms with E-state index in [2.05, 4.69) is 16.0 Å². The van der Waals surface area contributed by atoms with Crippen LogP contribution in [0.4, 0.5) is 15.8 Å². The van der Waals surface area contributed by atoms with Crippen LogP contribution in [-0.4, -0.2) is 31.9 Å². The molecule has 1 unspecified atom stereocenters. The first-order valence-electron chi connectivity index (χ1n) is 14.8. The molecule has 1 atom stereocenters. The number of carbonyl (C=O) groups is 3. The van der Waals surface area contributed by atoms with Gasteiger partial charge >= 0.3 is 0 Å². The predicted molar refractivity (Wildman–Crippen MR) is 187 cm³/mol. The minimum absolute atomic E-state index is 0.129. The molecule has 10 heteroatoms. The monoisotopic (exact) mass is 661 g/mol. The van der Waals surface area contributed by atoms with Crippen molar-refractivity contribution in [3.63, 3.8) is 0 Å². The lowest BCUT2D eigenvalue weighted by Gasteiger charge is -2.19. The Labute approximate surface area is 282 Å². The Balaban J connectivity index is 1.39. The average molecular weight is 662 g/mol. The zero-order valence-corrected chi connectivity index (χ0v) is 26.9. The van der Waals surface area contributed by atoms with Crippen molar-refractivity contribution in [1.82, 2.24) is 5.32 Å². The van der Waals surface area contributed by atoms with Gasteiger partial charge < -0.3 is 25.4 Å². The van der Waals surface area contributed by atoms with Crippen LogP contribution in [0.2, 0.25) is 0 Å². The average Bonchev–Trinajstić information content (AvgIpc) is 3.12. The Morgan fingerprint density at radius 2 is 1.46 bits per heavy atom. The maximum absolute atomic E-state index is 14.6. The molecule has 0 fully saturated rings. The number of hydrogen-bond donors (Lipinski definition) is 3. The van der Waals surface area contributed by atoms with Crippen LogP contribution in [0.25, 0.3) is 6.08 Å². The van der Waals surface area contributed by atoms with Gasteiger partial charge in [-0.05, 0) is 60.2 Å². The van der Waals surface area contributed by atoms with E-state index in [1.807, 2.05) is 36.4 Å². The number of carbonyl (C=O) groups excluding carboxylic acids is 3. The molecule has 8 nitrogen and oxygen atoms in total. The van der Waals surface area contributed by atoms with Crippen LogP contribution in [0.15, 0.2) is 138 Å². The van der Waals surface area contributed by atoms with E-state index >= 15 is 0 Å². The largest absolute Gasteiger partial charge is 0.497 e. The summed E-state index contributed by atoms with van der Waals surface area (Å²) >= 11 is 1.29. The predicted octanol–water partition coefficient (Wildman–Crippen LogP) is 7.72. The van der Waals surface area contributed by atoms with Crippen LogP contribution in [-0.2, 0) is 9.59 Å². The van der Waals surface area contributed by atoms with Crippen molar-refractivity contribution < 1.29 is 28.2 Å². The maximum Gasteiger partial charge on any atom is 0.272 e. The molecule has 0 radical (unpaired) electrons. The quantitative estimate of drug-likeness (QED) is 0.0934. The van der Waals surface area contributed by atoms with Gasteiger partial charge in [-0.1, -0.05) is 72.8 Å². The number of methoxy groups -OCH3 is 2.